The normalized spacial score (nSPS) is 24.0. The smallest absolute Gasteiger partial charge is 0.241 e. The van der Waals surface area contributed by atoms with Crippen LogP contribution < -0.4 is 11.1 Å². The minimum Gasteiger partial charge on any atom is -0.397 e. The number of aliphatic hydroxyl groups excluding tert-OH is 1. The Labute approximate surface area is 130 Å². The van der Waals surface area contributed by atoms with E-state index in [1.54, 1.807) is 18.2 Å². The van der Waals surface area contributed by atoms with Crippen LogP contribution in [0.15, 0.2) is 18.2 Å². The van der Waals surface area contributed by atoms with Crippen LogP contribution >= 0.6 is 11.6 Å². The first-order valence-electron chi connectivity index (χ1n) is 7.16. The Morgan fingerprint density at radius 2 is 2.33 bits per heavy atom. The molecule has 1 aliphatic rings. The number of nitrogens with one attached hydrogen (secondary N) is 1. The van der Waals surface area contributed by atoms with Crippen molar-refractivity contribution in [2.75, 3.05) is 24.2 Å². The topological polar surface area (TPSA) is 78.6 Å². The highest BCUT2D eigenvalue weighted by molar-refractivity contribution is 6.33. The van der Waals surface area contributed by atoms with Gasteiger partial charge in [-0.2, -0.15) is 0 Å². The highest BCUT2D eigenvalue weighted by Gasteiger charge is 2.36. The summed E-state index contributed by atoms with van der Waals surface area (Å²) in [4.78, 5) is 14.4. The number of aliphatic hydroxyl groups is 1. The molecule has 3 atom stereocenters. The summed E-state index contributed by atoms with van der Waals surface area (Å²) in [7, 11) is 0. The van der Waals surface area contributed by atoms with Crippen molar-refractivity contribution < 1.29 is 9.90 Å². The van der Waals surface area contributed by atoms with Gasteiger partial charge in [-0.05, 0) is 44.0 Å². The molecule has 4 N–H and O–H groups in total. The predicted octanol–water partition coefficient (Wildman–Crippen LogP) is 1.95. The molecule has 2 rings (SSSR count). The third kappa shape index (κ3) is 3.48. The van der Waals surface area contributed by atoms with Crippen molar-refractivity contribution in [2.24, 2.45) is 5.92 Å². The van der Waals surface area contributed by atoms with E-state index in [1.807, 2.05) is 6.92 Å². The van der Waals surface area contributed by atoms with Gasteiger partial charge in [-0.25, -0.2) is 0 Å². The highest BCUT2D eigenvalue weighted by atomic mass is 35.5. The largest absolute Gasteiger partial charge is 0.397 e. The Kier molecular flexibility index (Phi) is 5.08. The summed E-state index contributed by atoms with van der Waals surface area (Å²) in [6, 6.07) is 4.76. The van der Waals surface area contributed by atoms with E-state index in [-0.39, 0.29) is 24.6 Å². The molecule has 0 aromatic heterocycles. The van der Waals surface area contributed by atoms with Gasteiger partial charge < -0.3 is 16.2 Å². The lowest BCUT2D eigenvalue weighted by molar-refractivity contribution is -0.121. The van der Waals surface area contributed by atoms with Crippen molar-refractivity contribution in [1.82, 2.24) is 4.90 Å². The summed E-state index contributed by atoms with van der Waals surface area (Å²) in [6.07, 6.45) is 0.997. The summed E-state index contributed by atoms with van der Waals surface area (Å²) >= 11 is 5.86. The third-order valence-corrected chi connectivity index (χ3v) is 4.60. The van der Waals surface area contributed by atoms with Crippen LogP contribution in [0, 0.1) is 5.92 Å². The third-order valence-electron chi connectivity index (χ3n) is 4.25. The Morgan fingerprint density at radius 1 is 1.62 bits per heavy atom. The molecule has 1 amide bonds. The van der Waals surface area contributed by atoms with Gasteiger partial charge in [0.1, 0.15) is 0 Å². The zero-order valence-electron chi connectivity index (χ0n) is 12.3. The number of hydrogen-bond donors (Lipinski definition) is 3. The molecule has 1 saturated heterocycles. The summed E-state index contributed by atoms with van der Waals surface area (Å²) in [5.74, 6) is 0.292. The van der Waals surface area contributed by atoms with Gasteiger partial charge >= 0.3 is 0 Å². The number of carbonyl (C=O) groups is 1. The SMILES string of the molecule is CC1CCN(C(C)C(=O)Nc2ccc(Cl)c(N)c2)C1CO. The minimum atomic E-state index is -0.302. The maximum atomic E-state index is 12.4. The van der Waals surface area contributed by atoms with Gasteiger partial charge in [0.25, 0.3) is 0 Å². The first-order valence-corrected chi connectivity index (χ1v) is 7.54. The van der Waals surface area contributed by atoms with E-state index < -0.39 is 0 Å². The molecule has 3 unspecified atom stereocenters. The van der Waals surface area contributed by atoms with Crippen LogP contribution in [0.3, 0.4) is 0 Å². The second-order valence-electron chi connectivity index (χ2n) is 5.66. The molecule has 0 aliphatic carbocycles. The molecule has 5 nitrogen and oxygen atoms in total. The highest BCUT2D eigenvalue weighted by Crippen LogP contribution is 2.27. The van der Waals surface area contributed by atoms with Crippen LogP contribution in [0.25, 0.3) is 0 Å². The van der Waals surface area contributed by atoms with Gasteiger partial charge in [-0.1, -0.05) is 18.5 Å². The van der Waals surface area contributed by atoms with Crippen molar-refractivity contribution in [1.29, 1.82) is 0 Å². The van der Waals surface area contributed by atoms with E-state index in [2.05, 4.69) is 17.1 Å². The fourth-order valence-corrected chi connectivity index (χ4v) is 2.94. The van der Waals surface area contributed by atoms with Crippen molar-refractivity contribution >= 4 is 28.9 Å². The van der Waals surface area contributed by atoms with Gasteiger partial charge in [0.15, 0.2) is 0 Å². The molecular formula is C15H22ClN3O2. The second kappa shape index (κ2) is 6.64. The quantitative estimate of drug-likeness (QED) is 0.743. The van der Waals surface area contributed by atoms with Crippen molar-refractivity contribution in [3.8, 4) is 0 Å². The van der Waals surface area contributed by atoms with Crippen LogP contribution in [0.5, 0.6) is 0 Å². The number of hydrogen-bond acceptors (Lipinski definition) is 4. The lowest BCUT2D eigenvalue weighted by atomic mass is 10.0. The molecular weight excluding hydrogens is 290 g/mol. The molecule has 0 radical (unpaired) electrons. The Morgan fingerprint density at radius 3 is 2.95 bits per heavy atom. The number of halogens is 1. The molecule has 1 aromatic carbocycles. The zero-order chi connectivity index (χ0) is 15.6. The molecule has 1 aromatic rings. The number of amides is 1. The maximum absolute atomic E-state index is 12.4. The average Bonchev–Trinajstić information content (AvgIpc) is 2.82. The van der Waals surface area contributed by atoms with Gasteiger partial charge in [-0.15, -0.1) is 0 Å². The van der Waals surface area contributed by atoms with E-state index in [9.17, 15) is 9.90 Å². The predicted molar refractivity (Wildman–Crippen MR) is 85.3 cm³/mol. The monoisotopic (exact) mass is 311 g/mol. The molecule has 0 bridgehead atoms. The number of rotatable bonds is 4. The van der Waals surface area contributed by atoms with Crippen LogP contribution in [0.1, 0.15) is 20.3 Å². The van der Waals surface area contributed by atoms with Crippen LogP contribution in [-0.4, -0.2) is 41.1 Å². The fourth-order valence-electron chi connectivity index (χ4n) is 2.82. The van der Waals surface area contributed by atoms with E-state index >= 15 is 0 Å². The molecule has 0 spiro atoms. The van der Waals surface area contributed by atoms with E-state index in [4.69, 9.17) is 17.3 Å². The van der Waals surface area contributed by atoms with Gasteiger partial charge in [0.2, 0.25) is 5.91 Å². The summed E-state index contributed by atoms with van der Waals surface area (Å²) in [6.45, 7) is 4.86. The summed E-state index contributed by atoms with van der Waals surface area (Å²) in [5, 5.41) is 12.8. The zero-order valence-corrected chi connectivity index (χ0v) is 13.1. The summed E-state index contributed by atoms with van der Waals surface area (Å²) in [5.41, 5.74) is 6.79. The molecule has 1 fully saturated rings. The number of anilines is 2. The lowest BCUT2D eigenvalue weighted by Gasteiger charge is -2.30. The van der Waals surface area contributed by atoms with Gasteiger partial charge in [0, 0.05) is 11.7 Å². The van der Waals surface area contributed by atoms with Gasteiger partial charge in [-0.3, -0.25) is 9.69 Å². The van der Waals surface area contributed by atoms with E-state index in [0.717, 1.165) is 13.0 Å². The standard InChI is InChI=1S/C15H22ClN3O2/c1-9-5-6-19(14(9)8-20)10(2)15(21)18-11-3-4-12(16)13(17)7-11/h3-4,7,9-10,14,20H,5-6,8,17H2,1-2H3,(H,18,21). The molecule has 1 heterocycles. The number of carbonyl (C=O) groups excluding carboxylic acids is 1. The van der Waals surface area contributed by atoms with Crippen LogP contribution in [-0.2, 0) is 4.79 Å². The first-order chi connectivity index (χ1) is 9.93. The number of nitrogens with zero attached hydrogens (tertiary/aromatic N) is 1. The van der Waals surface area contributed by atoms with Crippen molar-refractivity contribution in [3.05, 3.63) is 23.2 Å². The lowest BCUT2D eigenvalue weighted by Crippen LogP contribution is -2.47. The second-order valence-corrected chi connectivity index (χ2v) is 6.06. The van der Waals surface area contributed by atoms with E-state index in [0.29, 0.717) is 22.3 Å². The Balaban J connectivity index is 2.04. The molecule has 6 heteroatoms. The minimum absolute atomic E-state index is 0.0426. The Bertz CT molecular complexity index is 524. The van der Waals surface area contributed by atoms with Gasteiger partial charge in [0.05, 0.1) is 23.4 Å². The number of nitrogens with two attached hydrogens (primary N) is 1. The molecule has 21 heavy (non-hydrogen) atoms. The summed E-state index contributed by atoms with van der Waals surface area (Å²) < 4.78 is 0. The van der Waals surface area contributed by atoms with Crippen molar-refractivity contribution in [3.63, 3.8) is 0 Å². The number of likely N-dealkylation sites (tertiary alicyclic amines) is 1. The van der Waals surface area contributed by atoms with E-state index in [1.165, 1.54) is 0 Å². The molecule has 1 aliphatic heterocycles. The number of benzene rings is 1. The number of nitrogen functional groups attached to an aromatic ring is 1. The van der Waals surface area contributed by atoms with Crippen LogP contribution in [0.2, 0.25) is 5.02 Å². The van der Waals surface area contributed by atoms with Crippen LogP contribution in [0.4, 0.5) is 11.4 Å². The van der Waals surface area contributed by atoms with Crippen molar-refractivity contribution in [2.45, 2.75) is 32.4 Å². The average molecular weight is 312 g/mol. The fraction of sp³-hybridized carbons (Fsp3) is 0.533. The molecule has 116 valence electrons. The first kappa shape index (κ1) is 16.1. The Hall–Kier alpha value is -1.30. The molecule has 0 saturated carbocycles. The maximum Gasteiger partial charge on any atom is 0.241 e.